The zero-order valence-corrected chi connectivity index (χ0v) is 20.5. The standard InChI is InChI=1S/C24H35BrN2O4/c1-4-6-7-8-9-10-11-15-31-20-14-13-17(16-18(20)25)22-21(23(28)30-3)19(12-5-2)26-24(29)27-22/h13-14,16,22H,4-12,15H2,1-3H3,(H2,26,27,29). The molecule has 2 rings (SSSR count). The molecule has 1 aromatic carbocycles. The molecular weight excluding hydrogens is 460 g/mol. The first kappa shape index (κ1) is 25.2. The quantitative estimate of drug-likeness (QED) is 0.254. The van der Waals surface area contributed by atoms with Crippen molar-refractivity contribution in [3.8, 4) is 5.75 Å². The lowest BCUT2D eigenvalue weighted by Crippen LogP contribution is -2.45. The first-order chi connectivity index (χ1) is 15.0. The first-order valence-electron chi connectivity index (χ1n) is 11.3. The van der Waals surface area contributed by atoms with E-state index in [9.17, 15) is 9.59 Å². The average Bonchev–Trinajstić information content (AvgIpc) is 2.75. The second-order valence-electron chi connectivity index (χ2n) is 7.82. The number of allylic oxidation sites excluding steroid dienone is 1. The van der Waals surface area contributed by atoms with Gasteiger partial charge in [0, 0.05) is 5.70 Å². The van der Waals surface area contributed by atoms with Crippen molar-refractivity contribution >= 4 is 27.9 Å². The molecule has 0 aromatic heterocycles. The molecule has 2 amide bonds. The highest BCUT2D eigenvalue weighted by atomic mass is 79.9. The maximum absolute atomic E-state index is 12.5. The van der Waals surface area contributed by atoms with E-state index in [0.717, 1.165) is 28.6 Å². The average molecular weight is 495 g/mol. The van der Waals surface area contributed by atoms with Crippen LogP contribution in [0.4, 0.5) is 4.79 Å². The van der Waals surface area contributed by atoms with Gasteiger partial charge < -0.3 is 20.1 Å². The molecule has 1 atom stereocenters. The number of ether oxygens (including phenoxy) is 2. The smallest absolute Gasteiger partial charge is 0.337 e. The maximum Gasteiger partial charge on any atom is 0.337 e. The summed E-state index contributed by atoms with van der Waals surface area (Å²) in [4.78, 5) is 24.7. The Hall–Kier alpha value is -2.02. The molecular formula is C24H35BrN2O4. The molecule has 0 fully saturated rings. The zero-order chi connectivity index (χ0) is 22.6. The van der Waals surface area contributed by atoms with E-state index in [1.807, 2.05) is 25.1 Å². The topological polar surface area (TPSA) is 76.7 Å². The summed E-state index contributed by atoms with van der Waals surface area (Å²) in [6.07, 6.45) is 10.1. The van der Waals surface area contributed by atoms with Gasteiger partial charge in [-0.25, -0.2) is 9.59 Å². The van der Waals surface area contributed by atoms with Crippen molar-refractivity contribution in [2.45, 2.75) is 77.7 Å². The third-order valence-corrected chi connectivity index (χ3v) is 5.97. The fourth-order valence-electron chi connectivity index (χ4n) is 3.72. The molecule has 1 aliphatic heterocycles. The molecule has 0 bridgehead atoms. The third kappa shape index (κ3) is 7.56. The van der Waals surface area contributed by atoms with Crippen LogP contribution in [0.2, 0.25) is 0 Å². The second-order valence-corrected chi connectivity index (χ2v) is 8.68. The molecule has 1 heterocycles. The minimum absolute atomic E-state index is 0.323. The number of hydrogen-bond donors (Lipinski definition) is 2. The van der Waals surface area contributed by atoms with Crippen LogP contribution in [-0.2, 0) is 9.53 Å². The molecule has 172 valence electrons. The van der Waals surface area contributed by atoms with Crippen molar-refractivity contribution in [1.29, 1.82) is 0 Å². The van der Waals surface area contributed by atoms with E-state index < -0.39 is 12.0 Å². The molecule has 31 heavy (non-hydrogen) atoms. The highest BCUT2D eigenvalue weighted by Crippen LogP contribution is 2.34. The highest BCUT2D eigenvalue weighted by Gasteiger charge is 2.33. The molecule has 2 N–H and O–H groups in total. The Labute approximate surface area is 194 Å². The molecule has 6 nitrogen and oxygen atoms in total. The number of esters is 1. The van der Waals surface area contributed by atoms with Crippen LogP contribution in [0.5, 0.6) is 5.75 Å². The van der Waals surface area contributed by atoms with Gasteiger partial charge in [-0.15, -0.1) is 0 Å². The number of benzene rings is 1. The normalized spacial score (nSPS) is 16.0. The van der Waals surface area contributed by atoms with Crippen molar-refractivity contribution in [2.75, 3.05) is 13.7 Å². The van der Waals surface area contributed by atoms with E-state index in [1.54, 1.807) is 0 Å². The molecule has 1 unspecified atom stereocenters. The monoisotopic (exact) mass is 494 g/mol. The van der Waals surface area contributed by atoms with Crippen molar-refractivity contribution < 1.29 is 19.1 Å². The molecule has 0 spiro atoms. The molecule has 1 aromatic rings. The summed E-state index contributed by atoms with van der Waals surface area (Å²) in [5, 5.41) is 5.60. The van der Waals surface area contributed by atoms with Gasteiger partial charge in [-0.3, -0.25) is 0 Å². The number of halogens is 1. The summed E-state index contributed by atoms with van der Waals surface area (Å²) in [5.41, 5.74) is 1.84. The summed E-state index contributed by atoms with van der Waals surface area (Å²) in [6, 6.07) is 4.76. The van der Waals surface area contributed by atoms with Crippen molar-refractivity contribution in [3.63, 3.8) is 0 Å². The molecule has 0 saturated heterocycles. The number of urea groups is 1. The summed E-state index contributed by atoms with van der Waals surface area (Å²) in [7, 11) is 1.35. The Morgan fingerprint density at radius 2 is 1.77 bits per heavy atom. The van der Waals surface area contributed by atoms with Crippen LogP contribution in [0.3, 0.4) is 0 Å². The maximum atomic E-state index is 12.5. The van der Waals surface area contributed by atoms with Crippen LogP contribution in [0.25, 0.3) is 0 Å². The first-order valence-corrected chi connectivity index (χ1v) is 12.1. The summed E-state index contributed by atoms with van der Waals surface area (Å²) < 4.78 is 11.7. The molecule has 0 aliphatic carbocycles. The van der Waals surface area contributed by atoms with E-state index in [0.29, 0.717) is 24.3 Å². The SMILES string of the molecule is CCCCCCCCCOc1ccc(C2NC(=O)NC(CCC)=C2C(=O)OC)cc1Br. The van der Waals surface area contributed by atoms with Crippen LogP contribution in [0.15, 0.2) is 33.9 Å². The zero-order valence-electron chi connectivity index (χ0n) is 18.9. The van der Waals surface area contributed by atoms with Crippen molar-refractivity contribution in [2.24, 2.45) is 0 Å². The van der Waals surface area contributed by atoms with Gasteiger partial charge in [0.1, 0.15) is 5.75 Å². The van der Waals surface area contributed by atoms with Gasteiger partial charge in [-0.2, -0.15) is 0 Å². The van der Waals surface area contributed by atoms with Crippen LogP contribution >= 0.6 is 15.9 Å². The number of carbonyl (C=O) groups is 2. The van der Waals surface area contributed by atoms with Gasteiger partial charge in [-0.1, -0.05) is 64.9 Å². The number of amides is 2. The lowest BCUT2D eigenvalue weighted by atomic mass is 9.94. The lowest BCUT2D eigenvalue weighted by molar-refractivity contribution is -0.136. The Morgan fingerprint density at radius 3 is 2.42 bits per heavy atom. The van der Waals surface area contributed by atoms with Crippen LogP contribution in [-0.4, -0.2) is 25.7 Å². The van der Waals surface area contributed by atoms with Gasteiger partial charge in [0.25, 0.3) is 0 Å². The minimum Gasteiger partial charge on any atom is -0.492 e. The molecule has 7 heteroatoms. The largest absolute Gasteiger partial charge is 0.492 e. The van der Waals surface area contributed by atoms with Crippen LogP contribution in [0, 0.1) is 0 Å². The van der Waals surface area contributed by atoms with E-state index >= 15 is 0 Å². The number of methoxy groups -OCH3 is 1. The van der Waals surface area contributed by atoms with E-state index in [4.69, 9.17) is 9.47 Å². The number of rotatable bonds is 13. The predicted octanol–water partition coefficient (Wildman–Crippen LogP) is 6.16. The number of nitrogens with one attached hydrogen (secondary N) is 2. The van der Waals surface area contributed by atoms with Crippen LogP contribution < -0.4 is 15.4 Å². The summed E-state index contributed by atoms with van der Waals surface area (Å²) in [6.45, 7) is 4.90. The lowest BCUT2D eigenvalue weighted by Gasteiger charge is -2.29. The van der Waals surface area contributed by atoms with Gasteiger partial charge in [0.05, 0.1) is 29.8 Å². The minimum atomic E-state index is -0.573. The number of carbonyl (C=O) groups excluding carboxylic acids is 2. The summed E-state index contributed by atoms with van der Waals surface area (Å²) >= 11 is 3.57. The van der Waals surface area contributed by atoms with Crippen LogP contribution in [0.1, 0.15) is 83.2 Å². The second kappa shape index (κ2) is 13.4. The van der Waals surface area contributed by atoms with E-state index in [1.165, 1.54) is 45.6 Å². The number of hydrogen-bond acceptors (Lipinski definition) is 4. The fraction of sp³-hybridized carbons (Fsp3) is 0.583. The third-order valence-electron chi connectivity index (χ3n) is 5.35. The Balaban J connectivity index is 2.04. The highest BCUT2D eigenvalue weighted by molar-refractivity contribution is 9.10. The molecule has 1 aliphatic rings. The van der Waals surface area contributed by atoms with E-state index in [-0.39, 0.29) is 6.03 Å². The van der Waals surface area contributed by atoms with Crippen molar-refractivity contribution in [1.82, 2.24) is 10.6 Å². The Kier molecular flexibility index (Phi) is 10.9. The predicted molar refractivity (Wildman–Crippen MR) is 126 cm³/mol. The van der Waals surface area contributed by atoms with Crippen molar-refractivity contribution in [3.05, 3.63) is 39.5 Å². The van der Waals surface area contributed by atoms with E-state index in [2.05, 4.69) is 33.5 Å². The summed E-state index contributed by atoms with van der Waals surface area (Å²) in [5.74, 6) is 0.309. The number of unbranched alkanes of at least 4 members (excludes halogenated alkanes) is 6. The van der Waals surface area contributed by atoms with Gasteiger partial charge in [-0.05, 0) is 46.5 Å². The van der Waals surface area contributed by atoms with Gasteiger partial charge in [0.15, 0.2) is 0 Å². The molecule has 0 saturated carbocycles. The Morgan fingerprint density at radius 1 is 1.06 bits per heavy atom. The Bertz CT molecular complexity index is 779. The molecule has 0 radical (unpaired) electrons. The van der Waals surface area contributed by atoms with Gasteiger partial charge in [0.2, 0.25) is 0 Å². The van der Waals surface area contributed by atoms with Gasteiger partial charge >= 0.3 is 12.0 Å². The fourth-order valence-corrected chi connectivity index (χ4v) is 4.23.